The number of halogens is 4. The summed E-state index contributed by atoms with van der Waals surface area (Å²) in [7, 11) is 0. The molecule has 0 bridgehead atoms. The highest BCUT2D eigenvalue weighted by molar-refractivity contribution is 5.18. The summed E-state index contributed by atoms with van der Waals surface area (Å²) in [4.78, 5) is 0. The average Bonchev–Trinajstić information content (AvgIpc) is 1.86. The summed E-state index contributed by atoms with van der Waals surface area (Å²) in [5, 5.41) is 0. The molecular formula is C7H3F4. The van der Waals surface area contributed by atoms with Gasteiger partial charge in [-0.1, -0.05) is 6.07 Å². The molecule has 0 atom stereocenters. The van der Waals surface area contributed by atoms with Crippen LogP contribution in [0.1, 0.15) is 5.56 Å². The maximum Gasteiger partial charge on any atom is 0.416 e. The summed E-state index contributed by atoms with van der Waals surface area (Å²) < 4.78 is 47.5. The molecule has 0 aliphatic carbocycles. The molecule has 0 fully saturated rings. The second kappa shape index (κ2) is 2.53. The number of hydrogen-bond acceptors (Lipinski definition) is 0. The third-order valence-corrected chi connectivity index (χ3v) is 1.09. The Hall–Kier alpha value is -1.06. The van der Waals surface area contributed by atoms with E-state index in [2.05, 4.69) is 0 Å². The molecule has 0 aliphatic heterocycles. The van der Waals surface area contributed by atoms with Gasteiger partial charge in [-0.3, -0.25) is 0 Å². The molecule has 0 saturated carbocycles. The van der Waals surface area contributed by atoms with Crippen LogP contribution >= 0.6 is 0 Å². The minimum absolute atomic E-state index is 0.403. The van der Waals surface area contributed by atoms with E-state index in [4.69, 9.17) is 0 Å². The lowest BCUT2D eigenvalue weighted by Gasteiger charge is -2.04. The highest BCUT2D eigenvalue weighted by atomic mass is 19.4. The Balaban J connectivity index is 3.06. The minimum Gasteiger partial charge on any atom is -0.206 e. The zero-order valence-electron chi connectivity index (χ0n) is 5.24. The first-order valence-electron chi connectivity index (χ1n) is 2.74. The average molecular weight is 163 g/mol. The van der Waals surface area contributed by atoms with Crippen LogP contribution in [0, 0.1) is 11.9 Å². The third-order valence-electron chi connectivity index (χ3n) is 1.09. The topological polar surface area (TPSA) is 0 Å². The van der Waals surface area contributed by atoms with Gasteiger partial charge in [-0.05, 0) is 12.1 Å². The summed E-state index contributed by atoms with van der Waals surface area (Å²) in [5.41, 5.74) is -0.992. The van der Waals surface area contributed by atoms with Crippen LogP contribution in [-0.2, 0) is 6.18 Å². The fourth-order valence-electron chi connectivity index (χ4n) is 0.614. The Morgan fingerprint density at radius 3 is 2.27 bits per heavy atom. The SMILES string of the molecule is Fc1[c]ccc(C(F)(F)F)c1. The molecule has 0 nitrogen and oxygen atoms in total. The molecule has 0 saturated heterocycles. The van der Waals surface area contributed by atoms with Gasteiger partial charge < -0.3 is 0 Å². The van der Waals surface area contributed by atoms with E-state index in [0.717, 1.165) is 12.1 Å². The standard InChI is InChI=1S/C7H3F4/c8-6-3-1-2-5(4-6)7(9,10)11/h1-2,4H. The Morgan fingerprint density at radius 2 is 1.91 bits per heavy atom. The van der Waals surface area contributed by atoms with Crippen LogP contribution in [0.4, 0.5) is 17.6 Å². The van der Waals surface area contributed by atoms with Crippen LogP contribution in [-0.4, -0.2) is 0 Å². The Bertz CT molecular complexity index is 251. The second-order valence-electron chi connectivity index (χ2n) is 1.92. The molecule has 0 amide bonds. The van der Waals surface area contributed by atoms with Crippen molar-refractivity contribution in [3.8, 4) is 0 Å². The molecular weight excluding hydrogens is 160 g/mol. The van der Waals surface area contributed by atoms with Gasteiger partial charge >= 0.3 is 6.18 Å². The number of hydrogen-bond donors (Lipinski definition) is 0. The van der Waals surface area contributed by atoms with Gasteiger partial charge in [0, 0.05) is 6.07 Å². The van der Waals surface area contributed by atoms with E-state index in [9.17, 15) is 17.6 Å². The summed E-state index contributed by atoms with van der Waals surface area (Å²) in [6, 6.07) is 4.05. The maximum atomic E-state index is 12.1. The van der Waals surface area contributed by atoms with E-state index in [0.29, 0.717) is 6.07 Å². The Kier molecular flexibility index (Phi) is 1.85. The molecule has 1 radical (unpaired) electrons. The molecule has 1 rings (SSSR count). The Labute approximate surface area is 60.5 Å². The first-order chi connectivity index (χ1) is 5.00. The summed E-state index contributed by atoms with van der Waals surface area (Å²) in [6.07, 6.45) is -4.48. The van der Waals surface area contributed by atoms with E-state index in [-0.39, 0.29) is 0 Å². The summed E-state index contributed by atoms with van der Waals surface area (Å²) in [5.74, 6) is -1.00. The fourth-order valence-corrected chi connectivity index (χ4v) is 0.614. The monoisotopic (exact) mass is 163 g/mol. The highest BCUT2D eigenvalue weighted by Crippen LogP contribution is 2.28. The molecule has 0 aliphatic rings. The van der Waals surface area contributed by atoms with E-state index in [1.807, 2.05) is 6.07 Å². The van der Waals surface area contributed by atoms with Crippen molar-refractivity contribution >= 4 is 0 Å². The lowest BCUT2D eigenvalue weighted by molar-refractivity contribution is -0.137. The van der Waals surface area contributed by atoms with Crippen LogP contribution in [0.2, 0.25) is 0 Å². The molecule has 1 aromatic carbocycles. The minimum atomic E-state index is -4.48. The number of benzene rings is 1. The van der Waals surface area contributed by atoms with Crippen LogP contribution in [0.15, 0.2) is 18.2 Å². The van der Waals surface area contributed by atoms with Crippen molar-refractivity contribution in [2.75, 3.05) is 0 Å². The van der Waals surface area contributed by atoms with Crippen LogP contribution in [0.25, 0.3) is 0 Å². The molecule has 1 aromatic rings. The van der Waals surface area contributed by atoms with E-state index in [1.165, 1.54) is 0 Å². The van der Waals surface area contributed by atoms with Gasteiger partial charge in [0.1, 0.15) is 5.82 Å². The Morgan fingerprint density at radius 1 is 1.27 bits per heavy atom. The van der Waals surface area contributed by atoms with Crippen molar-refractivity contribution in [3.63, 3.8) is 0 Å². The quantitative estimate of drug-likeness (QED) is 0.515. The van der Waals surface area contributed by atoms with Gasteiger partial charge in [-0.2, -0.15) is 13.2 Å². The highest BCUT2D eigenvalue weighted by Gasteiger charge is 2.30. The number of alkyl halides is 3. The van der Waals surface area contributed by atoms with E-state index in [1.54, 1.807) is 0 Å². The van der Waals surface area contributed by atoms with Gasteiger partial charge in [-0.25, -0.2) is 4.39 Å². The lowest BCUT2D eigenvalue weighted by atomic mass is 10.2. The van der Waals surface area contributed by atoms with E-state index >= 15 is 0 Å². The van der Waals surface area contributed by atoms with Crippen molar-refractivity contribution in [3.05, 3.63) is 35.6 Å². The summed E-state index contributed by atoms with van der Waals surface area (Å²) in [6.45, 7) is 0. The molecule has 0 unspecified atom stereocenters. The van der Waals surface area contributed by atoms with Gasteiger partial charge in [0.2, 0.25) is 0 Å². The first-order valence-corrected chi connectivity index (χ1v) is 2.74. The molecule has 4 heteroatoms. The van der Waals surface area contributed by atoms with Crippen molar-refractivity contribution in [1.29, 1.82) is 0 Å². The van der Waals surface area contributed by atoms with Crippen LogP contribution in [0.3, 0.4) is 0 Å². The third kappa shape index (κ3) is 1.93. The van der Waals surface area contributed by atoms with Crippen molar-refractivity contribution in [2.45, 2.75) is 6.18 Å². The van der Waals surface area contributed by atoms with E-state index < -0.39 is 17.6 Å². The summed E-state index contributed by atoms with van der Waals surface area (Å²) >= 11 is 0. The largest absolute Gasteiger partial charge is 0.416 e. The molecule has 11 heavy (non-hydrogen) atoms. The smallest absolute Gasteiger partial charge is 0.206 e. The lowest BCUT2D eigenvalue weighted by Crippen LogP contribution is -2.04. The molecule has 59 valence electrons. The van der Waals surface area contributed by atoms with Gasteiger partial charge in [0.15, 0.2) is 0 Å². The van der Waals surface area contributed by atoms with Gasteiger partial charge in [0.25, 0.3) is 0 Å². The van der Waals surface area contributed by atoms with Crippen molar-refractivity contribution in [2.24, 2.45) is 0 Å². The zero-order chi connectivity index (χ0) is 8.48. The zero-order valence-corrected chi connectivity index (χ0v) is 5.24. The first kappa shape index (κ1) is 8.04. The molecule has 0 spiro atoms. The predicted octanol–water partition coefficient (Wildman–Crippen LogP) is 2.64. The van der Waals surface area contributed by atoms with Crippen LogP contribution in [0.5, 0.6) is 0 Å². The normalized spacial score (nSPS) is 11.6. The molecule has 0 heterocycles. The molecule has 0 aromatic heterocycles. The van der Waals surface area contributed by atoms with Crippen molar-refractivity contribution < 1.29 is 17.6 Å². The van der Waals surface area contributed by atoms with Crippen molar-refractivity contribution in [1.82, 2.24) is 0 Å². The fraction of sp³-hybridized carbons (Fsp3) is 0.143. The predicted molar refractivity (Wildman–Crippen MR) is 30.2 cm³/mol. The van der Waals surface area contributed by atoms with Gasteiger partial charge in [0.05, 0.1) is 5.56 Å². The van der Waals surface area contributed by atoms with Crippen LogP contribution < -0.4 is 0 Å². The number of rotatable bonds is 0. The van der Waals surface area contributed by atoms with Gasteiger partial charge in [-0.15, -0.1) is 0 Å². The molecule has 0 N–H and O–H groups in total. The maximum absolute atomic E-state index is 12.1. The second-order valence-corrected chi connectivity index (χ2v) is 1.92.